The number of esters is 1. The molecule has 1 atom stereocenters. The van der Waals surface area contributed by atoms with Crippen molar-refractivity contribution in [2.24, 2.45) is 5.92 Å². The Labute approximate surface area is 209 Å². The highest BCUT2D eigenvalue weighted by molar-refractivity contribution is 5.86. The van der Waals surface area contributed by atoms with Crippen molar-refractivity contribution in [3.05, 3.63) is 64.6 Å². The zero-order valence-electron chi connectivity index (χ0n) is 21.7. The number of aryl methyl sites for hydroxylation is 4. The van der Waals surface area contributed by atoms with E-state index in [1.54, 1.807) is 0 Å². The zero-order valence-corrected chi connectivity index (χ0v) is 21.7. The van der Waals surface area contributed by atoms with Gasteiger partial charge in [-0.25, -0.2) is 0 Å². The fraction of sp³-hybridized carbons (Fsp3) is 0.533. The van der Waals surface area contributed by atoms with Crippen molar-refractivity contribution in [3.63, 3.8) is 0 Å². The van der Waals surface area contributed by atoms with Gasteiger partial charge in [-0.15, -0.1) is 0 Å². The molecule has 2 aromatic heterocycles. The molecule has 5 nitrogen and oxygen atoms in total. The smallest absolute Gasteiger partial charge is 0.310 e. The van der Waals surface area contributed by atoms with Crippen LogP contribution in [0.1, 0.15) is 66.6 Å². The lowest BCUT2D eigenvalue weighted by molar-refractivity contribution is -0.940. The summed E-state index contributed by atoms with van der Waals surface area (Å²) in [4.78, 5) is 17.1. The van der Waals surface area contributed by atoms with Crippen molar-refractivity contribution in [2.75, 3.05) is 20.3 Å². The molecule has 0 N–H and O–H groups in total. The Hall–Kier alpha value is -2.66. The van der Waals surface area contributed by atoms with Crippen LogP contribution in [0.4, 0.5) is 0 Å². The Kier molecular flexibility index (Phi) is 6.97. The molecule has 1 aliphatic carbocycles. The average molecular weight is 475 g/mol. The Morgan fingerprint density at radius 3 is 2.74 bits per heavy atom. The number of nitrogens with zero attached hydrogens (tertiary/aromatic N) is 3. The van der Waals surface area contributed by atoms with Gasteiger partial charge >= 0.3 is 5.97 Å². The lowest BCUT2D eigenvalue weighted by atomic mass is 9.87. The second-order valence-corrected chi connectivity index (χ2v) is 11.3. The number of aromatic nitrogens is 2. The maximum absolute atomic E-state index is 12.6. The largest absolute Gasteiger partial charge is 0.415 e. The van der Waals surface area contributed by atoms with Gasteiger partial charge in [0.25, 0.3) is 0 Å². The van der Waals surface area contributed by atoms with Gasteiger partial charge < -0.3 is 9.30 Å². The highest BCUT2D eigenvalue weighted by atomic mass is 16.5. The number of ether oxygens (including phenoxy) is 1. The third-order valence-electron chi connectivity index (χ3n) is 8.18. The Bertz CT molecular complexity index is 1190. The van der Waals surface area contributed by atoms with Crippen LogP contribution in [0.3, 0.4) is 0 Å². The monoisotopic (exact) mass is 474 g/mol. The number of carbonyl (C=O) groups excluding carboxylic acids is 1. The van der Waals surface area contributed by atoms with Crippen LogP contribution in [0.5, 0.6) is 0 Å². The van der Waals surface area contributed by atoms with Gasteiger partial charge in [-0.1, -0.05) is 37.0 Å². The predicted octanol–water partition coefficient (Wildman–Crippen LogP) is 5.87. The summed E-state index contributed by atoms with van der Waals surface area (Å²) in [6.07, 6.45) is 10.8. The Morgan fingerprint density at radius 2 is 1.97 bits per heavy atom. The van der Waals surface area contributed by atoms with Crippen LogP contribution >= 0.6 is 0 Å². The molecule has 3 aromatic rings. The van der Waals surface area contributed by atoms with Gasteiger partial charge in [0, 0.05) is 53.4 Å². The van der Waals surface area contributed by atoms with Crippen LogP contribution in [0.25, 0.3) is 10.9 Å². The molecule has 1 unspecified atom stereocenters. The third-order valence-corrected chi connectivity index (χ3v) is 8.18. The molecule has 1 saturated carbocycles. The van der Waals surface area contributed by atoms with E-state index in [1.807, 2.05) is 13.1 Å². The van der Waals surface area contributed by atoms with Gasteiger partial charge in [0.15, 0.2) is 0 Å². The minimum absolute atomic E-state index is 0.00738. The SMILES string of the molecule is Cc1ccc2c(c1)c1c(n2CCc2ccc(C)nc2)CC[N+](C)(COC(=O)CC2CCCCC2)C1. The highest BCUT2D eigenvalue weighted by Crippen LogP contribution is 2.34. The lowest BCUT2D eigenvalue weighted by Crippen LogP contribution is -2.49. The first kappa shape index (κ1) is 24.1. The zero-order chi connectivity index (χ0) is 24.4. The molecule has 0 spiro atoms. The Morgan fingerprint density at radius 1 is 1.14 bits per heavy atom. The summed E-state index contributed by atoms with van der Waals surface area (Å²) in [5, 5.41) is 1.36. The number of pyridine rings is 1. The summed E-state index contributed by atoms with van der Waals surface area (Å²) >= 11 is 0. The average Bonchev–Trinajstić information content (AvgIpc) is 3.15. The molecule has 0 radical (unpaired) electrons. The van der Waals surface area contributed by atoms with Gasteiger partial charge in [0.2, 0.25) is 6.73 Å². The van der Waals surface area contributed by atoms with E-state index in [1.165, 1.54) is 65.4 Å². The van der Waals surface area contributed by atoms with Gasteiger partial charge in [-0.3, -0.25) is 14.3 Å². The highest BCUT2D eigenvalue weighted by Gasteiger charge is 2.34. The van der Waals surface area contributed by atoms with Crippen LogP contribution in [-0.2, 0) is 35.5 Å². The Balaban J connectivity index is 1.32. The van der Waals surface area contributed by atoms with Crippen LogP contribution < -0.4 is 0 Å². The van der Waals surface area contributed by atoms with Crippen molar-refractivity contribution in [3.8, 4) is 0 Å². The van der Waals surface area contributed by atoms with Crippen LogP contribution in [0, 0.1) is 19.8 Å². The molecule has 1 aliphatic heterocycles. The molecule has 1 fully saturated rings. The molecular formula is C30H40N3O2+. The normalized spacial score (nSPS) is 20.7. The van der Waals surface area contributed by atoms with E-state index in [0.29, 0.717) is 19.1 Å². The number of fused-ring (bicyclic) bond motifs is 3. The quantitative estimate of drug-likeness (QED) is 0.318. The molecular weight excluding hydrogens is 434 g/mol. The van der Waals surface area contributed by atoms with Crippen molar-refractivity contribution >= 4 is 16.9 Å². The molecule has 5 rings (SSSR count). The van der Waals surface area contributed by atoms with Gasteiger partial charge in [-0.05, 0) is 62.8 Å². The lowest BCUT2D eigenvalue weighted by Gasteiger charge is -2.37. The molecule has 0 saturated heterocycles. The molecule has 0 bridgehead atoms. The van der Waals surface area contributed by atoms with E-state index in [4.69, 9.17) is 4.74 Å². The number of benzene rings is 1. The topological polar surface area (TPSA) is 44.1 Å². The molecule has 3 heterocycles. The van der Waals surface area contributed by atoms with Crippen LogP contribution in [-0.4, -0.2) is 40.3 Å². The van der Waals surface area contributed by atoms with Crippen molar-refractivity contribution in [1.29, 1.82) is 0 Å². The molecule has 2 aliphatic rings. The first-order chi connectivity index (χ1) is 16.9. The molecule has 5 heteroatoms. The van der Waals surface area contributed by atoms with E-state index in [0.717, 1.165) is 42.7 Å². The summed E-state index contributed by atoms with van der Waals surface area (Å²) < 4.78 is 9.17. The molecule has 35 heavy (non-hydrogen) atoms. The fourth-order valence-electron chi connectivity index (χ4n) is 6.06. The van der Waals surface area contributed by atoms with Gasteiger partial charge in [-0.2, -0.15) is 0 Å². The number of hydrogen-bond acceptors (Lipinski definition) is 3. The van der Waals surface area contributed by atoms with Crippen molar-refractivity contribution < 1.29 is 14.0 Å². The summed E-state index contributed by atoms with van der Waals surface area (Å²) in [7, 11) is 2.24. The first-order valence-electron chi connectivity index (χ1n) is 13.4. The number of carbonyl (C=O) groups is 1. The number of quaternary nitrogens is 1. The minimum atomic E-state index is -0.00738. The van der Waals surface area contributed by atoms with E-state index in [2.05, 4.69) is 53.9 Å². The second-order valence-electron chi connectivity index (χ2n) is 11.3. The number of hydrogen-bond donors (Lipinski definition) is 0. The molecule has 0 amide bonds. The minimum Gasteiger partial charge on any atom is -0.415 e. The standard InChI is InChI=1S/C30H40N3O2/c1-22-9-12-28-26(17-22)27-20-33(3,21-35-30(34)18-24-7-5-4-6-8-24)16-14-29(27)32(28)15-13-25-11-10-23(2)31-19-25/h9-12,17,19,24H,4-8,13-16,18,20-21H2,1-3H3/q+1. The summed E-state index contributed by atoms with van der Waals surface area (Å²) in [6, 6.07) is 11.1. The summed E-state index contributed by atoms with van der Waals surface area (Å²) in [5.41, 5.74) is 7.84. The van der Waals surface area contributed by atoms with Crippen LogP contribution in [0.15, 0.2) is 36.5 Å². The van der Waals surface area contributed by atoms with Crippen molar-refractivity contribution in [1.82, 2.24) is 9.55 Å². The number of rotatable bonds is 7. The maximum atomic E-state index is 12.6. The second kappa shape index (κ2) is 10.1. The van der Waals surface area contributed by atoms with Crippen LogP contribution in [0.2, 0.25) is 0 Å². The maximum Gasteiger partial charge on any atom is 0.310 e. The summed E-state index contributed by atoms with van der Waals surface area (Å²) in [5.74, 6) is 0.520. The number of likely N-dealkylation sites (N-methyl/N-ethyl adjacent to an activating group) is 1. The van der Waals surface area contributed by atoms with Crippen molar-refractivity contribution in [2.45, 2.75) is 78.3 Å². The predicted molar refractivity (Wildman–Crippen MR) is 140 cm³/mol. The summed E-state index contributed by atoms with van der Waals surface area (Å²) in [6.45, 7) is 7.53. The molecule has 186 valence electrons. The van der Waals surface area contributed by atoms with E-state index in [9.17, 15) is 4.79 Å². The van der Waals surface area contributed by atoms with E-state index >= 15 is 0 Å². The van der Waals surface area contributed by atoms with E-state index < -0.39 is 0 Å². The van der Waals surface area contributed by atoms with Gasteiger partial charge in [0.1, 0.15) is 6.54 Å². The molecule has 1 aromatic carbocycles. The first-order valence-corrected chi connectivity index (χ1v) is 13.4. The third kappa shape index (κ3) is 5.45. The fourth-order valence-corrected chi connectivity index (χ4v) is 6.06. The van der Waals surface area contributed by atoms with Gasteiger partial charge in [0.05, 0.1) is 13.6 Å². The van der Waals surface area contributed by atoms with E-state index in [-0.39, 0.29) is 5.97 Å².